The maximum atomic E-state index is 13.1. The van der Waals surface area contributed by atoms with Crippen LogP contribution in [0, 0.1) is 11.8 Å². The molecule has 8 rings (SSSR count). The summed E-state index contributed by atoms with van der Waals surface area (Å²) in [6.45, 7) is 2.53. The number of benzene rings is 3. The van der Waals surface area contributed by atoms with Crippen molar-refractivity contribution in [1.29, 1.82) is 0 Å². The molecule has 2 aromatic heterocycles. The Kier molecular flexibility index (Phi) is 9.05. The number of nitrogens with zero attached hydrogens (tertiary/aromatic N) is 3. The van der Waals surface area contributed by atoms with Gasteiger partial charge in [-0.05, 0) is 66.3 Å². The summed E-state index contributed by atoms with van der Waals surface area (Å²) in [5, 5.41) is 13.6. The maximum absolute atomic E-state index is 13.1. The van der Waals surface area contributed by atoms with Gasteiger partial charge in [0.25, 0.3) is 11.8 Å². The Hall–Kier alpha value is -6.87. The number of hydrogen-bond acceptors (Lipinski definition) is 8. The molecule has 0 aliphatic carbocycles. The first-order valence-corrected chi connectivity index (χ1v) is 17.8. The number of pyridine rings is 2. The molecular formula is C42H35N7O5. The van der Waals surface area contributed by atoms with Crippen molar-refractivity contribution >= 4 is 51.7 Å². The fraction of sp³-hybridized carbons (Fsp3) is 0.214. The van der Waals surface area contributed by atoms with E-state index in [2.05, 4.69) is 38.1 Å². The lowest BCUT2D eigenvalue weighted by Crippen LogP contribution is -2.52. The summed E-state index contributed by atoms with van der Waals surface area (Å²) in [5.74, 6) is 4.81. The topological polar surface area (TPSA) is 162 Å². The standard InChI is InChI=1S/C42H35N7O5/c1-24-19-38(51)47-33-13-6-11-29(39(33)46-24)28-10-5-9-26-20-35(45-22-31(26)28)27-14-15-34(44-21-27)40(52)43-18-3-2-7-25-8-4-12-30-32(25)23-49(42(30)54)36-16-17-37(50)48-41(36)53/h4-6,8-15,20-22,24,36,46H,3,16-19,23H2,1H3,(H,43,52)(H,47,51)(H,48,50,53)/t24-,36?/m1/s1. The smallest absolute Gasteiger partial charge is 0.269 e. The largest absolute Gasteiger partial charge is 0.380 e. The number of aromatic nitrogens is 2. The average molecular weight is 718 g/mol. The molecule has 0 saturated carbocycles. The molecule has 2 atom stereocenters. The van der Waals surface area contributed by atoms with Crippen molar-refractivity contribution in [1.82, 2.24) is 25.5 Å². The van der Waals surface area contributed by atoms with Gasteiger partial charge in [-0.2, -0.15) is 0 Å². The van der Waals surface area contributed by atoms with Gasteiger partial charge >= 0.3 is 0 Å². The van der Waals surface area contributed by atoms with Gasteiger partial charge in [0.2, 0.25) is 17.7 Å². The van der Waals surface area contributed by atoms with Crippen LogP contribution in [0.2, 0.25) is 0 Å². The van der Waals surface area contributed by atoms with Crippen molar-refractivity contribution in [3.05, 3.63) is 108 Å². The number of anilines is 2. The molecule has 12 nitrogen and oxygen atoms in total. The lowest BCUT2D eigenvalue weighted by molar-refractivity contribution is -0.137. The normalized spacial score (nSPS) is 17.7. The molecule has 0 radical (unpaired) electrons. The van der Waals surface area contributed by atoms with Gasteiger partial charge in [0.1, 0.15) is 11.7 Å². The highest BCUT2D eigenvalue weighted by atomic mass is 16.2. The van der Waals surface area contributed by atoms with E-state index in [0.717, 1.165) is 50.1 Å². The van der Waals surface area contributed by atoms with E-state index >= 15 is 0 Å². The summed E-state index contributed by atoms with van der Waals surface area (Å²) in [5.41, 5.74) is 7.30. The first-order valence-electron chi connectivity index (χ1n) is 17.8. The Labute approximate surface area is 310 Å². The van der Waals surface area contributed by atoms with Crippen molar-refractivity contribution in [2.24, 2.45) is 0 Å². The fourth-order valence-corrected chi connectivity index (χ4v) is 7.25. The third-order valence-corrected chi connectivity index (χ3v) is 9.91. The van der Waals surface area contributed by atoms with Crippen LogP contribution < -0.4 is 21.3 Å². The highest BCUT2D eigenvalue weighted by Crippen LogP contribution is 2.40. The van der Waals surface area contributed by atoms with E-state index in [1.165, 1.54) is 4.90 Å². The molecule has 1 fully saturated rings. The Bertz CT molecular complexity index is 2450. The summed E-state index contributed by atoms with van der Waals surface area (Å²) >= 11 is 0. The van der Waals surface area contributed by atoms with Crippen molar-refractivity contribution in [3.63, 3.8) is 0 Å². The molecule has 4 N–H and O–H groups in total. The second-order valence-corrected chi connectivity index (χ2v) is 13.6. The van der Waals surface area contributed by atoms with Crippen LogP contribution >= 0.6 is 0 Å². The number of fused-ring (bicyclic) bond motifs is 3. The van der Waals surface area contributed by atoms with Crippen LogP contribution in [0.15, 0.2) is 85.2 Å². The van der Waals surface area contributed by atoms with Crippen molar-refractivity contribution in [2.45, 2.75) is 51.2 Å². The maximum Gasteiger partial charge on any atom is 0.269 e. The molecule has 5 heterocycles. The third-order valence-electron chi connectivity index (χ3n) is 9.91. The molecule has 1 saturated heterocycles. The van der Waals surface area contributed by atoms with Gasteiger partial charge in [0.15, 0.2) is 0 Å². The Morgan fingerprint density at radius 1 is 0.907 bits per heavy atom. The highest BCUT2D eigenvalue weighted by molar-refractivity contribution is 6.07. The van der Waals surface area contributed by atoms with Crippen LogP contribution in [-0.4, -0.2) is 63.0 Å². The van der Waals surface area contributed by atoms with Crippen LogP contribution in [0.4, 0.5) is 11.4 Å². The molecule has 3 aromatic carbocycles. The minimum absolute atomic E-state index is 0.0175. The minimum Gasteiger partial charge on any atom is -0.380 e. The predicted molar refractivity (Wildman–Crippen MR) is 203 cm³/mol. The fourth-order valence-electron chi connectivity index (χ4n) is 7.25. The molecule has 5 aromatic rings. The molecule has 54 heavy (non-hydrogen) atoms. The molecule has 3 aliphatic heterocycles. The van der Waals surface area contributed by atoms with Crippen molar-refractivity contribution < 1.29 is 24.0 Å². The summed E-state index contributed by atoms with van der Waals surface area (Å²) < 4.78 is 0. The van der Waals surface area contributed by atoms with Gasteiger partial charge in [0.05, 0.1) is 17.1 Å². The van der Waals surface area contributed by atoms with Crippen LogP contribution in [0.25, 0.3) is 33.2 Å². The molecule has 1 unspecified atom stereocenters. The number of amides is 5. The number of para-hydroxylation sites is 1. The number of nitrogens with one attached hydrogen (secondary N) is 4. The second kappa shape index (κ2) is 14.3. The number of carbonyl (C=O) groups excluding carboxylic acids is 5. The van der Waals surface area contributed by atoms with Crippen LogP contribution in [0.3, 0.4) is 0 Å². The van der Waals surface area contributed by atoms with Crippen molar-refractivity contribution in [2.75, 3.05) is 17.2 Å². The summed E-state index contributed by atoms with van der Waals surface area (Å²) in [6.07, 6.45) is 4.72. The van der Waals surface area contributed by atoms with E-state index in [9.17, 15) is 24.0 Å². The van der Waals surface area contributed by atoms with Crippen LogP contribution in [0.1, 0.15) is 64.6 Å². The van der Waals surface area contributed by atoms with E-state index < -0.39 is 11.9 Å². The van der Waals surface area contributed by atoms with Gasteiger partial charge < -0.3 is 20.9 Å². The number of rotatable bonds is 6. The van der Waals surface area contributed by atoms with Gasteiger partial charge in [-0.1, -0.05) is 48.2 Å². The SMILES string of the molecule is C[C@@H]1CC(=O)Nc2cccc(-c3cccc4cc(-c5ccc(C(=O)NCCC#Cc6cccc7c6CN(C6CCC(=O)NC6=O)C7=O)nc5)ncc34)c2N1. The zero-order chi connectivity index (χ0) is 37.3. The molecule has 5 amide bonds. The minimum atomic E-state index is -0.691. The van der Waals surface area contributed by atoms with E-state index in [1.54, 1.807) is 24.4 Å². The van der Waals surface area contributed by atoms with E-state index in [1.807, 2.05) is 67.7 Å². The van der Waals surface area contributed by atoms with Crippen LogP contribution in [-0.2, 0) is 20.9 Å². The van der Waals surface area contributed by atoms with E-state index in [4.69, 9.17) is 4.98 Å². The second-order valence-electron chi connectivity index (χ2n) is 13.6. The van der Waals surface area contributed by atoms with Gasteiger partial charge in [-0.15, -0.1) is 0 Å². The monoisotopic (exact) mass is 717 g/mol. The predicted octanol–water partition coefficient (Wildman–Crippen LogP) is 5.04. The molecule has 12 heteroatoms. The first-order chi connectivity index (χ1) is 26.2. The first kappa shape index (κ1) is 34.2. The van der Waals surface area contributed by atoms with E-state index in [-0.39, 0.29) is 48.3 Å². The lowest BCUT2D eigenvalue weighted by atomic mass is 9.96. The summed E-state index contributed by atoms with van der Waals surface area (Å²) in [4.78, 5) is 73.0. The van der Waals surface area contributed by atoms with Gasteiger partial charge in [-0.25, -0.2) is 0 Å². The quantitative estimate of drug-likeness (QED) is 0.108. The molecule has 0 spiro atoms. The lowest BCUT2D eigenvalue weighted by Gasteiger charge is -2.29. The highest BCUT2D eigenvalue weighted by Gasteiger charge is 2.39. The Morgan fingerprint density at radius 2 is 1.72 bits per heavy atom. The van der Waals surface area contributed by atoms with Gasteiger partial charge in [-0.3, -0.25) is 39.3 Å². The average Bonchev–Trinajstić information content (AvgIpc) is 3.42. The van der Waals surface area contributed by atoms with Crippen molar-refractivity contribution in [3.8, 4) is 34.2 Å². The Morgan fingerprint density at radius 3 is 2.56 bits per heavy atom. The summed E-state index contributed by atoms with van der Waals surface area (Å²) in [6, 6.07) is 22.0. The zero-order valence-electron chi connectivity index (χ0n) is 29.4. The van der Waals surface area contributed by atoms with Crippen LogP contribution in [0.5, 0.6) is 0 Å². The van der Waals surface area contributed by atoms with E-state index in [0.29, 0.717) is 36.9 Å². The molecule has 0 bridgehead atoms. The molecule has 3 aliphatic rings. The third kappa shape index (κ3) is 6.63. The zero-order valence-corrected chi connectivity index (χ0v) is 29.4. The molecule has 268 valence electrons. The van der Waals surface area contributed by atoms with Gasteiger partial charge in [0, 0.05) is 78.4 Å². The number of piperidine rings is 1. The molecular weight excluding hydrogens is 683 g/mol. The number of hydrogen-bond donors (Lipinski definition) is 4. The summed E-state index contributed by atoms with van der Waals surface area (Å²) in [7, 11) is 0. The Balaban J connectivity index is 0.907. The number of imide groups is 1. The number of carbonyl (C=O) groups is 5.